The third-order valence-corrected chi connectivity index (χ3v) is 5.42. The van der Waals surface area contributed by atoms with Gasteiger partial charge in [0.25, 0.3) is 0 Å². The second kappa shape index (κ2) is 8.03. The van der Waals surface area contributed by atoms with E-state index in [2.05, 4.69) is 78.4 Å². The number of hydrogen-bond acceptors (Lipinski definition) is 3. The molecule has 1 heterocycles. The van der Waals surface area contributed by atoms with Gasteiger partial charge < -0.3 is 10.0 Å². The van der Waals surface area contributed by atoms with E-state index in [-0.39, 0.29) is 0 Å². The Kier molecular flexibility index (Phi) is 5.77. The number of anilines is 1. The van der Waals surface area contributed by atoms with Gasteiger partial charge >= 0.3 is 0 Å². The third-order valence-electron chi connectivity index (χ3n) is 5.42. The molecule has 25 heavy (non-hydrogen) atoms. The van der Waals surface area contributed by atoms with Crippen molar-refractivity contribution in [2.24, 2.45) is 0 Å². The van der Waals surface area contributed by atoms with Gasteiger partial charge in [-0.15, -0.1) is 0 Å². The summed E-state index contributed by atoms with van der Waals surface area (Å²) in [5.74, 6) is 0. The highest BCUT2D eigenvalue weighted by Gasteiger charge is 2.32. The van der Waals surface area contributed by atoms with Gasteiger partial charge in [0.15, 0.2) is 0 Å². The average molecular weight is 338 g/mol. The first-order valence-electron chi connectivity index (χ1n) is 9.31. The molecule has 1 fully saturated rings. The van der Waals surface area contributed by atoms with Crippen LogP contribution in [-0.4, -0.2) is 42.3 Å². The van der Waals surface area contributed by atoms with Crippen molar-refractivity contribution in [2.45, 2.75) is 38.3 Å². The van der Waals surface area contributed by atoms with E-state index >= 15 is 0 Å². The van der Waals surface area contributed by atoms with Crippen LogP contribution in [0.4, 0.5) is 5.69 Å². The summed E-state index contributed by atoms with van der Waals surface area (Å²) in [7, 11) is 2.11. The minimum absolute atomic E-state index is 0.522. The lowest BCUT2D eigenvalue weighted by Crippen LogP contribution is -2.45. The van der Waals surface area contributed by atoms with Crippen molar-refractivity contribution in [2.75, 3.05) is 31.6 Å². The van der Waals surface area contributed by atoms with E-state index in [1.165, 1.54) is 16.8 Å². The Balaban J connectivity index is 1.46. The average Bonchev–Trinajstić information content (AvgIpc) is 2.63. The fraction of sp³-hybridized carbons (Fsp3) is 0.455. The molecule has 2 aromatic carbocycles. The minimum atomic E-state index is -0.522. The minimum Gasteiger partial charge on any atom is -0.390 e. The molecule has 1 N–H and O–H groups in total. The highest BCUT2D eigenvalue weighted by Crippen LogP contribution is 2.27. The third kappa shape index (κ3) is 5.07. The zero-order valence-corrected chi connectivity index (χ0v) is 15.5. The van der Waals surface area contributed by atoms with Crippen LogP contribution in [-0.2, 0) is 6.54 Å². The van der Waals surface area contributed by atoms with E-state index < -0.39 is 5.60 Å². The van der Waals surface area contributed by atoms with Crippen LogP contribution >= 0.6 is 0 Å². The Labute approximate surface area is 151 Å². The summed E-state index contributed by atoms with van der Waals surface area (Å²) in [6, 6.07) is 19.2. The summed E-state index contributed by atoms with van der Waals surface area (Å²) in [6.45, 7) is 5.92. The fourth-order valence-corrected chi connectivity index (χ4v) is 3.52. The molecule has 1 aliphatic rings. The molecule has 0 bridgehead atoms. The second-order valence-corrected chi connectivity index (χ2v) is 7.49. The standard InChI is InChI=1S/C22H30N2O/c1-19-8-10-21(11-9-19)23(2)15-12-22(25)13-16-24(17-14-22)18-20-6-4-3-5-7-20/h3-11,25H,12-18H2,1-2H3. The molecular formula is C22H30N2O. The number of rotatable bonds is 6. The molecule has 0 saturated carbocycles. The Morgan fingerprint density at radius 3 is 2.28 bits per heavy atom. The maximum Gasteiger partial charge on any atom is 0.0689 e. The van der Waals surface area contributed by atoms with Gasteiger partial charge in [-0.25, -0.2) is 0 Å². The SMILES string of the molecule is Cc1ccc(N(C)CCC2(O)CCN(Cc3ccccc3)CC2)cc1. The van der Waals surface area contributed by atoms with Gasteiger partial charge in [0.2, 0.25) is 0 Å². The Morgan fingerprint density at radius 1 is 1.00 bits per heavy atom. The summed E-state index contributed by atoms with van der Waals surface area (Å²) in [4.78, 5) is 4.70. The number of aryl methyl sites for hydroxylation is 1. The van der Waals surface area contributed by atoms with Crippen LogP contribution in [0, 0.1) is 6.92 Å². The van der Waals surface area contributed by atoms with Gasteiger partial charge in [0.1, 0.15) is 0 Å². The monoisotopic (exact) mass is 338 g/mol. The molecule has 0 unspecified atom stereocenters. The van der Waals surface area contributed by atoms with Gasteiger partial charge in [-0.05, 0) is 43.9 Å². The molecule has 134 valence electrons. The van der Waals surface area contributed by atoms with Crippen LogP contribution in [0.1, 0.15) is 30.4 Å². The van der Waals surface area contributed by atoms with Gasteiger partial charge in [0, 0.05) is 38.9 Å². The Hall–Kier alpha value is -1.84. The van der Waals surface area contributed by atoms with Crippen LogP contribution < -0.4 is 4.90 Å². The van der Waals surface area contributed by atoms with Gasteiger partial charge in [0.05, 0.1) is 5.60 Å². The number of hydrogen-bond donors (Lipinski definition) is 1. The van der Waals surface area contributed by atoms with Gasteiger partial charge in [-0.3, -0.25) is 4.90 Å². The van der Waals surface area contributed by atoms with Crippen LogP contribution in [0.2, 0.25) is 0 Å². The second-order valence-electron chi connectivity index (χ2n) is 7.49. The lowest BCUT2D eigenvalue weighted by atomic mass is 9.88. The van der Waals surface area contributed by atoms with Crippen molar-refractivity contribution in [3.8, 4) is 0 Å². The highest BCUT2D eigenvalue weighted by molar-refractivity contribution is 5.46. The van der Waals surface area contributed by atoms with E-state index in [4.69, 9.17) is 0 Å². The number of piperidine rings is 1. The van der Waals surface area contributed by atoms with Crippen LogP contribution in [0.3, 0.4) is 0 Å². The molecule has 1 saturated heterocycles. The van der Waals surface area contributed by atoms with Crippen molar-refractivity contribution in [1.82, 2.24) is 4.90 Å². The maximum absolute atomic E-state index is 10.9. The number of benzene rings is 2. The van der Waals surface area contributed by atoms with Gasteiger partial charge in [-0.2, -0.15) is 0 Å². The van der Waals surface area contributed by atoms with Gasteiger partial charge in [-0.1, -0.05) is 48.0 Å². The van der Waals surface area contributed by atoms with Crippen LogP contribution in [0.25, 0.3) is 0 Å². The molecule has 0 atom stereocenters. The molecule has 1 aliphatic heterocycles. The van der Waals surface area contributed by atoms with E-state index in [1.807, 2.05) is 0 Å². The van der Waals surface area contributed by atoms with Crippen LogP contribution in [0.15, 0.2) is 54.6 Å². The molecule has 0 spiro atoms. The molecule has 3 nitrogen and oxygen atoms in total. The van der Waals surface area contributed by atoms with Crippen molar-refractivity contribution < 1.29 is 5.11 Å². The van der Waals surface area contributed by atoms with E-state index in [0.717, 1.165) is 45.4 Å². The van der Waals surface area contributed by atoms with Crippen LogP contribution in [0.5, 0.6) is 0 Å². The molecule has 3 rings (SSSR count). The van der Waals surface area contributed by atoms with Crippen molar-refractivity contribution in [3.05, 3.63) is 65.7 Å². The summed E-state index contributed by atoms with van der Waals surface area (Å²) in [6.07, 6.45) is 2.56. The quantitative estimate of drug-likeness (QED) is 0.867. The Morgan fingerprint density at radius 2 is 1.64 bits per heavy atom. The predicted octanol–water partition coefficient (Wildman–Crippen LogP) is 3.85. The van der Waals surface area contributed by atoms with Crippen molar-refractivity contribution in [3.63, 3.8) is 0 Å². The highest BCUT2D eigenvalue weighted by atomic mass is 16.3. The molecule has 3 heteroatoms. The largest absolute Gasteiger partial charge is 0.390 e. The topological polar surface area (TPSA) is 26.7 Å². The zero-order valence-electron chi connectivity index (χ0n) is 15.5. The van der Waals surface area contributed by atoms with E-state index in [9.17, 15) is 5.11 Å². The smallest absolute Gasteiger partial charge is 0.0689 e. The summed E-state index contributed by atoms with van der Waals surface area (Å²) in [5.41, 5.74) is 3.33. The molecule has 0 aromatic heterocycles. The molecule has 0 aliphatic carbocycles. The lowest BCUT2D eigenvalue weighted by Gasteiger charge is -2.39. The van der Waals surface area contributed by atoms with E-state index in [0.29, 0.717) is 0 Å². The summed E-state index contributed by atoms with van der Waals surface area (Å²) < 4.78 is 0. The zero-order chi connectivity index (χ0) is 17.7. The first kappa shape index (κ1) is 18.0. The lowest BCUT2D eigenvalue weighted by molar-refractivity contribution is -0.0275. The summed E-state index contributed by atoms with van der Waals surface area (Å²) >= 11 is 0. The van der Waals surface area contributed by atoms with Crippen molar-refractivity contribution >= 4 is 5.69 Å². The first-order chi connectivity index (χ1) is 12.0. The molecule has 0 radical (unpaired) electrons. The molecule has 2 aromatic rings. The number of nitrogens with zero attached hydrogens (tertiary/aromatic N) is 2. The van der Waals surface area contributed by atoms with E-state index in [1.54, 1.807) is 0 Å². The number of aliphatic hydroxyl groups is 1. The van der Waals surface area contributed by atoms with Crippen molar-refractivity contribution in [1.29, 1.82) is 0 Å². The maximum atomic E-state index is 10.9. The molecular weight excluding hydrogens is 308 g/mol. The Bertz CT molecular complexity index is 645. The fourth-order valence-electron chi connectivity index (χ4n) is 3.52. The normalized spacial score (nSPS) is 17.4. The summed E-state index contributed by atoms with van der Waals surface area (Å²) in [5, 5.41) is 10.9. The first-order valence-corrected chi connectivity index (χ1v) is 9.31. The predicted molar refractivity (Wildman–Crippen MR) is 105 cm³/mol. The molecule has 0 amide bonds. The number of likely N-dealkylation sites (tertiary alicyclic amines) is 1.